The number of hydrogen-bond donors (Lipinski definition) is 2. The second-order valence-corrected chi connectivity index (χ2v) is 4.82. The van der Waals surface area contributed by atoms with Gasteiger partial charge in [-0.2, -0.15) is 0 Å². The van der Waals surface area contributed by atoms with Gasteiger partial charge >= 0.3 is 5.97 Å². The molecule has 6 heteroatoms. The van der Waals surface area contributed by atoms with Crippen molar-refractivity contribution in [2.24, 2.45) is 0 Å². The third-order valence-electron chi connectivity index (χ3n) is 2.91. The molecule has 19 heavy (non-hydrogen) atoms. The quantitative estimate of drug-likeness (QED) is 0.822. The monoisotopic (exact) mass is 272 g/mol. The molecule has 1 aromatic rings. The average molecular weight is 272 g/mol. The largest absolute Gasteiger partial charge is 0.480 e. The van der Waals surface area contributed by atoms with Crippen molar-refractivity contribution in [3.8, 4) is 0 Å². The molecule has 0 aliphatic carbocycles. The van der Waals surface area contributed by atoms with E-state index < -0.39 is 23.1 Å². The molecule has 0 amide bonds. The van der Waals surface area contributed by atoms with Gasteiger partial charge in [0.15, 0.2) is 0 Å². The smallest absolute Gasteiger partial charge is 0.328 e. The molecule has 0 heterocycles. The van der Waals surface area contributed by atoms with E-state index in [-0.39, 0.29) is 5.56 Å². The molecule has 0 aliphatic rings. The Bertz CT molecular complexity index is 446. The third kappa shape index (κ3) is 3.97. The number of likely N-dealkylation sites (N-methyl/N-ethyl adjacent to an activating group) is 1. The fourth-order valence-corrected chi connectivity index (χ4v) is 1.67. The fourth-order valence-electron chi connectivity index (χ4n) is 1.67. The number of hydrogen-bond acceptors (Lipinski definition) is 3. The number of carboxylic acids is 1. The first kappa shape index (κ1) is 15.5. The van der Waals surface area contributed by atoms with Crippen LogP contribution >= 0.6 is 0 Å². The molecule has 0 fully saturated rings. The first-order chi connectivity index (χ1) is 8.75. The van der Waals surface area contributed by atoms with Gasteiger partial charge in [0, 0.05) is 19.2 Å². The normalized spacial score (nSPS) is 14.4. The third-order valence-corrected chi connectivity index (χ3v) is 2.91. The van der Waals surface area contributed by atoms with Crippen molar-refractivity contribution in [1.82, 2.24) is 10.2 Å². The van der Waals surface area contributed by atoms with Crippen LogP contribution in [0.1, 0.15) is 12.5 Å². The summed E-state index contributed by atoms with van der Waals surface area (Å²) >= 11 is 0. The number of rotatable bonds is 6. The summed E-state index contributed by atoms with van der Waals surface area (Å²) in [7, 11) is 3.70. The van der Waals surface area contributed by atoms with Crippen LogP contribution in [0.25, 0.3) is 0 Å². The SMILES string of the molecule is CN(C)CCNC(C)(C(=O)O)c1cc(F)cc(F)c1. The maximum atomic E-state index is 13.2. The summed E-state index contributed by atoms with van der Waals surface area (Å²) in [5, 5.41) is 12.1. The molecule has 1 unspecified atom stereocenters. The van der Waals surface area contributed by atoms with Crippen molar-refractivity contribution in [3.63, 3.8) is 0 Å². The number of nitrogens with zero attached hydrogens (tertiary/aromatic N) is 1. The lowest BCUT2D eigenvalue weighted by Crippen LogP contribution is -2.48. The zero-order chi connectivity index (χ0) is 14.6. The van der Waals surface area contributed by atoms with Crippen LogP contribution in [0, 0.1) is 11.6 Å². The highest BCUT2D eigenvalue weighted by Crippen LogP contribution is 2.23. The Labute approximate surface area is 111 Å². The number of carbonyl (C=O) groups is 1. The Morgan fingerprint density at radius 2 is 1.84 bits per heavy atom. The molecule has 0 saturated heterocycles. The number of aliphatic carboxylic acids is 1. The van der Waals surface area contributed by atoms with E-state index >= 15 is 0 Å². The second-order valence-electron chi connectivity index (χ2n) is 4.82. The molecule has 106 valence electrons. The standard InChI is InChI=1S/C13H18F2N2O2/c1-13(12(18)19,16-4-5-17(2)3)9-6-10(14)8-11(15)7-9/h6-8,16H,4-5H2,1-3H3,(H,18,19). The Kier molecular flexibility index (Phi) is 4.97. The summed E-state index contributed by atoms with van der Waals surface area (Å²) in [6, 6.07) is 2.77. The van der Waals surface area contributed by atoms with Crippen molar-refractivity contribution in [2.75, 3.05) is 27.2 Å². The minimum atomic E-state index is -1.53. The van der Waals surface area contributed by atoms with Crippen molar-refractivity contribution >= 4 is 5.97 Å². The van der Waals surface area contributed by atoms with E-state index in [9.17, 15) is 18.7 Å². The molecule has 0 bridgehead atoms. The Morgan fingerprint density at radius 1 is 1.32 bits per heavy atom. The van der Waals surface area contributed by atoms with E-state index in [1.54, 1.807) is 0 Å². The van der Waals surface area contributed by atoms with Crippen molar-refractivity contribution in [3.05, 3.63) is 35.4 Å². The van der Waals surface area contributed by atoms with Crippen LogP contribution < -0.4 is 5.32 Å². The summed E-state index contributed by atoms with van der Waals surface area (Å²) in [6.45, 7) is 2.38. The maximum Gasteiger partial charge on any atom is 0.328 e. The van der Waals surface area contributed by atoms with Gasteiger partial charge in [0.2, 0.25) is 0 Å². The minimum absolute atomic E-state index is 0.0521. The number of carboxylic acid groups (broad SMARTS) is 1. The zero-order valence-electron chi connectivity index (χ0n) is 11.2. The van der Waals surface area contributed by atoms with Crippen LogP contribution in [-0.2, 0) is 10.3 Å². The molecule has 1 rings (SSSR count). The van der Waals surface area contributed by atoms with Crippen LogP contribution in [0.2, 0.25) is 0 Å². The summed E-state index contributed by atoms with van der Waals surface area (Å²) in [5.41, 5.74) is -1.48. The van der Waals surface area contributed by atoms with Crippen LogP contribution in [0.3, 0.4) is 0 Å². The number of nitrogens with one attached hydrogen (secondary N) is 1. The topological polar surface area (TPSA) is 52.6 Å². The Balaban J connectivity index is 3.01. The first-order valence-corrected chi connectivity index (χ1v) is 5.85. The van der Waals surface area contributed by atoms with Gasteiger partial charge in [0.1, 0.15) is 17.2 Å². The van der Waals surface area contributed by atoms with E-state index in [1.165, 1.54) is 6.92 Å². The molecule has 4 nitrogen and oxygen atoms in total. The molecule has 0 spiro atoms. The Morgan fingerprint density at radius 3 is 2.26 bits per heavy atom. The van der Waals surface area contributed by atoms with Crippen LogP contribution in [-0.4, -0.2) is 43.2 Å². The van der Waals surface area contributed by atoms with Gasteiger partial charge in [0.25, 0.3) is 0 Å². The predicted octanol–water partition coefficient (Wildman–Crippen LogP) is 1.42. The lowest BCUT2D eigenvalue weighted by Gasteiger charge is -2.27. The molecule has 0 aliphatic heterocycles. The van der Waals surface area contributed by atoms with E-state index in [4.69, 9.17) is 0 Å². The highest BCUT2D eigenvalue weighted by Gasteiger charge is 2.35. The van der Waals surface area contributed by atoms with Gasteiger partial charge in [-0.05, 0) is 38.7 Å². The summed E-state index contributed by atoms with van der Waals surface area (Å²) in [6.07, 6.45) is 0. The molecule has 0 aromatic heterocycles. The van der Waals surface area contributed by atoms with Crippen LogP contribution in [0.4, 0.5) is 8.78 Å². The molecule has 1 aromatic carbocycles. The van der Waals surface area contributed by atoms with Gasteiger partial charge in [-0.15, -0.1) is 0 Å². The highest BCUT2D eigenvalue weighted by atomic mass is 19.1. The predicted molar refractivity (Wildman–Crippen MR) is 67.9 cm³/mol. The maximum absolute atomic E-state index is 13.2. The van der Waals surface area contributed by atoms with Crippen molar-refractivity contribution in [1.29, 1.82) is 0 Å². The molecular weight excluding hydrogens is 254 g/mol. The summed E-state index contributed by atoms with van der Waals surface area (Å²) < 4.78 is 26.4. The number of benzene rings is 1. The van der Waals surface area contributed by atoms with Crippen LogP contribution in [0.5, 0.6) is 0 Å². The average Bonchev–Trinajstić information content (AvgIpc) is 2.26. The van der Waals surface area contributed by atoms with E-state index in [0.29, 0.717) is 19.2 Å². The number of halogens is 2. The van der Waals surface area contributed by atoms with E-state index in [1.807, 2.05) is 19.0 Å². The first-order valence-electron chi connectivity index (χ1n) is 5.85. The van der Waals surface area contributed by atoms with Gasteiger partial charge in [0.05, 0.1) is 0 Å². The van der Waals surface area contributed by atoms with E-state index in [0.717, 1.165) is 12.1 Å². The zero-order valence-corrected chi connectivity index (χ0v) is 11.2. The molecule has 0 saturated carbocycles. The lowest BCUT2D eigenvalue weighted by molar-refractivity contribution is -0.144. The fraction of sp³-hybridized carbons (Fsp3) is 0.462. The van der Waals surface area contributed by atoms with Gasteiger partial charge in [-0.1, -0.05) is 0 Å². The van der Waals surface area contributed by atoms with Gasteiger partial charge < -0.3 is 10.0 Å². The summed E-state index contributed by atoms with van der Waals surface area (Å²) in [4.78, 5) is 13.3. The lowest BCUT2D eigenvalue weighted by atomic mass is 9.91. The molecule has 1 atom stereocenters. The second kappa shape index (κ2) is 6.08. The molecular formula is C13H18F2N2O2. The van der Waals surface area contributed by atoms with Crippen molar-refractivity contribution in [2.45, 2.75) is 12.5 Å². The minimum Gasteiger partial charge on any atom is -0.480 e. The van der Waals surface area contributed by atoms with Crippen molar-refractivity contribution < 1.29 is 18.7 Å². The molecule has 0 radical (unpaired) electrons. The van der Waals surface area contributed by atoms with E-state index in [2.05, 4.69) is 5.32 Å². The van der Waals surface area contributed by atoms with Crippen LogP contribution in [0.15, 0.2) is 18.2 Å². The van der Waals surface area contributed by atoms with Gasteiger partial charge in [-0.3, -0.25) is 5.32 Å². The highest BCUT2D eigenvalue weighted by molar-refractivity contribution is 5.80. The summed E-state index contributed by atoms with van der Waals surface area (Å²) in [5.74, 6) is -2.77. The Hall–Kier alpha value is -1.53. The molecule has 2 N–H and O–H groups in total. The van der Waals surface area contributed by atoms with Gasteiger partial charge in [-0.25, -0.2) is 13.6 Å².